The number of hydrogen-bond acceptors (Lipinski definition) is 7. The van der Waals surface area contributed by atoms with E-state index in [0.717, 1.165) is 22.1 Å². The van der Waals surface area contributed by atoms with Gasteiger partial charge in [-0.2, -0.15) is 0 Å². The maximum atomic E-state index is 12.4. The van der Waals surface area contributed by atoms with Crippen LogP contribution in [-0.2, 0) is 14.8 Å². The second kappa shape index (κ2) is 7.62. The fourth-order valence-corrected chi connectivity index (χ4v) is 5.12. The van der Waals surface area contributed by atoms with Gasteiger partial charge in [0.25, 0.3) is 5.91 Å². The van der Waals surface area contributed by atoms with Crippen molar-refractivity contribution in [2.75, 3.05) is 14.1 Å². The molecule has 1 fully saturated rings. The number of aromatic nitrogens is 1. The SMILES string of the molecule is Cc1cc(S(=O)(=O)N(C)C)ccc1-c1cncc2cc(C=C3SC(=S)NC3=O)oc12. The van der Waals surface area contributed by atoms with Gasteiger partial charge in [-0.25, -0.2) is 12.7 Å². The van der Waals surface area contributed by atoms with Crippen LogP contribution in [0, 0.1) is 6.92 Å². The second-order valence-electron chi connectivity index (χ2n) is 6.87. The molecule has 0 unspecified atom stereocenters. The van der Waals surface area contributed by atoms with E-state index in [4.69, 9.17) is 16.6 Å². The minimum Gasteiger partial charge on any atom is -0.456 e. The number of pyridine rings is 1. The molecule has 3 aromatic rings. The van der Waals surface area contributed by atoms with Crippen molar-refractivity contribution in [3.8, 4) is 11.1 Å². The number of carbonyl (C=O) groups excluding carboxylic acids is 1. The van der Waals surface area contributed by atoms with Crippen LogP contribution in [0.3, 0.4) is 0 Å². The van der Waals surface area contributed by atoms with Gasteiger partial charge in [-0.3, -0.25) is 9.78 Å². The van der Waals surface area contributed by atoms with Crippen molar-refractivity contribution in [3.63, 3.8) is 0 Å². The molecule has 1 N–H and O–H groups in total. The molecule has 0 bridgehead atoms. The largest absolute Gasteiger partial charge is 0.456 e. The van der Waals surface area contributed by atoms with Crippen molar-refractivity contribution in [2.45, 2.75) is 11.8 Å². The molecule has 4 rings (SSSR count). The van der Waals surface area contributed by atoms with Crippen LogP contribution in [0.5, 0.6) is 0 Å². The summed E-state index contributed by atoms with van der Waals surface area (Å²) in [6.45, 7) is 1.84. The molecule has 2 aromatic heterocycles. The molecule has 1 aromatic carbocycles. The molecule has 1 aliphatic heterocycles. The second-order valence-corrected chi connectivity index (χ2v) is 10.7. The molecule has 3 heterocycles. The number of amides is 1. The number of nitrogens with one attached hydrogen (secondary N) is 1. The van der Waals surface area contributed by atoms with Crippen LogP contribution in [0.4, 0.5) is 0 Å². The van der Waals surface area contributed by atoms with Crippen molar-refractivity contribution in [1.29, 1.82) is 0 Å². The van der Waals surface area contributed by atoms with Gasteiger partial charge in [0.2, 0.25) is 10.0 Å². The number of hydrogen-bond donors (Lipinski definition) is 1. The van der Waals surface area contributed by atoms with Gasteiger partial charge in [0.1, 0.15) is 15.7 Å². The number of rotatable bonds is 4. The first-order valence-electron chi connectivity index (χ1n) is 8.83. The summed E-state index contributed by atoms with van der Waals surface area (Å²) in [5.74, 6) is 0.253. The Kier molecular flexibility index (Phi) is 5.27. The molecule has 30 heavy (non-hydrogen) atoms. The zero-order valence-electron chi connectivity index (χ0n) is 16.3. The average Bonchev–Trinajstić information content (AvgIpc) is 3.23. The summed E-state index contributed by atoms with van der Waals surface area (Å²) >= 11 is 6.19. The smallest absolute Gasteiger partial charge is 0.263 e. The minimum atomic E-state index is -3.52. The van der Waals surface area contributed by atoms with Gasteiger partial charge >= 0.3 is 0 Å². The number of aryl methyl sites for hydroxylation is 1. The van der Waals surface area contributed by atoms with Crippen LogP contribution in [0.2, 0.25) is 0 Å². The van der Waals surface area contributed by atoms with E-state index in [2.05, 4.69) is 10.3 Å². The molecule has 0 aliphatic carbocycles. The van der Waals surface area contributed by atoms with Gasteiger partial charge in [-0.05, 0) is 36.2 Å². The molecule has 1 saturated heterocycles. The Morgan fingerprint density at radius 3 is 2.60 bits per heavy atom. The van der Waals surface area contributed by atoms with Crippen molar-refractivity contribution < 1.29 is 17.6 Å². The van der Waals surface area contributed by atoms with E-state index in [1.807, 2.05) is 6.92 Å². The molecule has 1 amide bonds. The number of carbonyl (C=O) groups is 1. The minimum absolute atomic E-state index is 0.221. The first-order chi connectivity index (χ1) is 14.2. The fourth-order valence-electron chi connectivity index (χ4n) is 3.11. The van der Waals surface area contributed by atoms with E-state index in [9.17, 15) is 13.2 Å². The zero-order chi connectivity index (χ0) is 21.6. The fraction of sp³-hybridized carbons (Fsp3) is 0.150. The van der Waals surface area contributed by atoms with E-state index in [-0.39, 0.29) is 10.8 Å². The molecule has 7 nitrogen and oxygen atoms in total. The van der Waals surface area contributed by atoms with Crippen molar-refractivity contribution in [2.24, 2.45) is 0 Å². The summed E-state index contributed by atoms with van der Waals surface area (Å²) in [7, 11) is -0.529. The Balaban J connectivity index is 1.79. The third-order valence-corrected chi connectivity index (χ3v) is 7.60. The topological polar surface area (TPSA) is 92.5 Å². The highest BCUT2D eigenvalue weighted by molar-refractivity contribution is 8.26. The average molecular weight is 460 g/mol. The summed E-state index contributed by atoms with van der Waals surface area (Å²) in [5, 5.41) is 3.34. The first kappa shape index (κ1) is 20.7. The Morgan fingerprint density at radius 1 is 1.20 bits per heavy atom. The van der Waals surface area contributed by atoms with Crippen LogP contribution >= 0.6 is 24.0 Å². The van der Waals surface area contributed by atoms with Gasteiger partial charge in [0.15, 0.2) is 0 Å². The van der Waals surface area contributed by atoms with Gasteiger partial charge in [-0.15, -0.1) is 0 Å². The standard InChI is InChI=1S/C20H17N3O4S3/c1-11-6-14(30(25,26)23(2)3)4-5-15(11)16-10-21-9-12-7-13(27-18(12)16)8-17-19(24)22-20(28)29-17/h4-10H,1-3H3,(H,22,24,28). The van der Waals surface area contributed by atoms with E-state index in [1.165, 1.54) is 30.2 Å². The summed E-state index contributed by atoms with van der Waals surface area (Å²) < 4.78 is 32.4. The quantitative estimate of drug-likeness (QED) is 0.471. The van der Waals surface area contributed by atoms with Crippen LogP contribution in [0.15, 0.2) is 50.9 Å². The zero-order valence-corrected chi connectivity index (χ0v) is 18.7. The van der Waals surface area contributed by atoms with Crippen LogP contribution in [0.1, 0.15) is 11.3 Å². The molecule has 154 valence electrons. The summed E-state index contributed by atoms with van der Waals surface area (Å²) in [6, 6.07) is 6.76. The molecule has 0 spiro atoms. The lowest BCUT2D eigenvalue weighted by molar-refractivity contribution is -0.115. The predicted octanol–water partition coefficient (Wildman–Crippen LogP) is 3.54. The van der Waals surface area contributed by atoms with E-state index < -0.39 is 10.0 Å². The third-order valence-electron chi connectivity index (χ3n) is 4.62. The van der Waals surface area contributed by atoms with Gasteiger partial charge in [0, 0.05) is 43.5 Å². The van der Waals surface area contributed by atoms with E-state index in [1.54, 1.807) is 42.7 Å². The number of fused-ring (bicyclic) bond motifs is 1. The van der Waals surface area contributed by atoms with Crippen LogP contribution < -0.4 is 5.32 Å². The summed E-state index contributed by atoms with van der Waals surface area (Å²) in [4.78, 5) is 16.9. The maximum absolute atomic E-state index is 12.4. The van der Waals surface area contributed by atoms with Gasteiger partial charge < -0.3 is 9.73 Å². The highest BCUT2D eigenvalue weighted by Crippen LogP contribution is 2.35. The molecule has 10 heteroatoms. The Morgan fingerprint density at radius 2 is 1.97 bits per heavy atom. The van der Waals surface area contributed by atoms with Crippen LogP contribution in [-0.4, -0.2) is 42.0 Å². The molecule has 0 atom stereocenters. The molecule has 0 radical (unpaired) electrons. The van der Waals surface area contributed by atoms with Crippen molar-refractivity contribution in [1.82, 2.24) is 14.6 Å². The van der Waals surface area contributed by atoms with E-state index >= 15 is 0 Å². The highest BCUT2D eigenvalue weighted by atomic mass is 32.2. The number of sulfonamides is 1. The molecular weight excluding hydrogens is 442 g/mol. The van der Waals surface area contributed by atoms with Crippen LogP contribution in [0.25, 0.3) is 28.2 Å². The third kappa shape index (κ3) is 3.67. The number of furan rings is 1. The lowest BCUT2D eigenvalue weighted by Crippen LogP contribution is -2.22. The van der Waals surface area contributed by atoms with Crippen molar-refractivity contribution >= 4 is 61.3 Å². The van der Waals surface area contributed by atoms with Gasteiger partial charge in [0.05, 0.1) is 9.80 Å². The number of benzene rings is 1. The Labute approximate surface area is 183 Å². The van der Waals surface area contributed by atoms with Crippen molar-refractivity contribution in [3.05, 3.63) is 52.9 Å². The summed E-state index contributed by atoms with van der Waals surface area (Å²) in [6.07, 6.45) is 5.00. The van der Waals surface area contributed by atoms with E-state index in [0.29, 0.717) is 20.6 Å². The number of nitrogens with zero attached hydrogens (tertiary/aromatic N) is 2. The maximum Gasteiger partial charge on any atom is 0.263 e. The molecular formula is C20H17N3O4S3. The number of thioether (sulfide) groups is 1. The lowest BCUT2D eigenvalue weighted by atomic mass is 10.0. The predicted molar refractivity (Wildman–Crippen MR) is 121 cm³/mol. The Bertz CT molecular complexity index is 1340. The Hall–Kier alpha value is -2.53. The molecule has 0 saturated carbocycles. The summed E-state index contributed by atoms with van der Waals surface area (Å²) in [5.41, 5.74) is 2.93. The lowest BCUT2D eigenvalue weighted by Gasteiger charge is -2.13. The van der Waals surface area contributed by atoms with Gasteiger partial charge in [-0.1, -0.05) is 30.0 Å². The number of thiocarbonyl (C=S) groups is 1. The molecule has 1 aliphatic rings. The first-order valence-corrected chi connectivity index (χ1v) is 11.5. The normalized spacial score (nSPS) is 16.1. The monoisotopic (exact) mass is 459 g/mol. The highest BCUT2D eigenvalue weighted by Gasteiger charge is 2.23.